The molecule has 0 spiro atoms. The Morgan fingerprint density at radius 3 is 2.58 bits per heavy atom. The first-order valence-electron chi connectivity index (χ1n) is 10.5. The summed E-state index contributed by atoms with van der Waals surface area (Å²) >= 11 is 5.74. The summed E-state index contributed by atoms with van der Waals surface area (Å²) in [7, 11) is -3.97. The lowest BCUT2D eigenvalue weighted by atomic mass is 10.2. The maximum Gasteiger partial charge on any atom is 0.255 e. The average molecular weight is 496 g/mol. The van der Waals surface area contributed by atoms with E-state index in [0.717, 1.165) is 18.9 Å². The molecule has 1 aliphatic heterocycles. The van der Waals surface area contributed by atoms with Gasteiger partial charge in [0.2, 0.25) is 15.9 Å². The second-order valence-corrected chi connectivity index (χ2v) is 10.5. The first-order chi connectivity index (χ1) is 15.7. The highest BCUT2D eigenvalue weighted by atomic mass is 35.5. The first kappa shape index (κ1) is 23.6. The van der Waals surface area contributed by atoms with Gasteiger partial charge in [-0.15, -0.1) is 0 Å². The maximum atomic E-state index is 13.3. The van der Waals surface area contributed by atoms with Gasteiger partial charge in [0, 0.05) is 36.8 Å². The minimum Gasteiger partial charge on any atom is -0.394 e. The van der Waals surface area contributed by atoms with Crippen molar-refractivity contribution < 1.29 is 27.5 Å². The Labute approximate surface area is 196 Å². The van der Waals surface area contributed by atoms with E-state index in [1.807, 2.05) is 0 Å². The number of hydrogen-bond acceptors (Lipinski definition) is 5. The molecule has 0 radical (unpaired) electrons. The van der Waals surface area contributed by atoms with Crippen molar-refractivity contribution >= 4 is 39.1 Å². The topological polar surface area (TPSA) is 107 Å². The molecule has 1 unspecified atom stereocenters. The predicted molar refractivity (Wildman–Crippen MR) is 120 cm³/mol. The smallest absolute Gasteiger partial charge is 0.255 e. The van der Waals surface area contributed by atoms with E-state index in [0.29, 0.717) is 0 Å². The molecule has 176 valence electrons. The highest BCUT2D eigenvalue weighted by molar-refractivity contribution is 7.89. The number of halogens is 2. The number of rotatable bonds is 6. The van der Waals surface area contributed by atoms with E-state index in [1.54, 1.807) is 4.90 Å². The summed E-state index contributed by atoms with van der Waals surface area (Å²) in [5, 5.41) is 12.2. The van der Waals surface area contributed by atoms with Crippen molar-refractivity contribution in [3.8, 4) is 0 Å². The number of aliphatic hydroxyl groups is 1. The maximum absolute atomic E-state index is 13.3. The van der Waals surface area contributed by atoms with Crippen molar-refractivity contribution in [2.45, 2.75) is 23.8 Å². The molecule has 1 saturated carbocycles. The second kappa shape index (κ2) is 9.38. The monoisotopic (exact) mass is 495 g/mol. The number of nitrogens with one attached hydrogen (secondary N) is 1. The largest absolute Gasteiger partial charge is 0.394 e. The minimum atomic E-state index is -3.97. The summed E-state index contributed by atoms with van der Waals surface area (Å²) in [5.41, 5.74) is 0.361. The molecule has 2 amide bonds. The third-order valence-electron chi connectivity index (χ3n) is 5.78. The molecule has 0 aromatic heterocycles. The van der Waals surface area contributed by atoms with Gasteiger partial charge >= 0.3 is 0 Å². The number of anilines is 1. The van der Waals surface area contributed by atoms with Crippen LogP contribution in [0.25, 0.3) is 0 Å². The van der Waals surface area contributed by atoms with Crippen LogP contribution in [0, 0.1) is 11.7 Å². The summed E-state index contributed by atoms with van der Waals surface area (Å²) in [4.78, 5) is 26.5. The molecule has 2 N–H and O–H groups in total. The Morgan fingerprint density at radius 2 is 1.91 bits per heavy atom. The van der Waals surface area contributed by atoms with Gasteiger partial charge in [-0.25, -0.2) is 12.8 Å². The molecule has 0 bridgehead atoms. The highest BCUT2D eigenvalue weighted by Crippen LogP contribution is 2.33. The molecule has 1 saturated heterocycles. The van der Waals surface area contributed by atoms with Crippen molar-refractivity contribution in [2.75, 3.05) is 31.6 Å². The molecule has 2 aromatic rings. The van der Waals surface area contributed by atoms with Crippen LogP contribution in [0.4, 0.5) is 10.1 Å². The zero-order valence-electron chi connectivity index (χ0n) is 17.6. The zero-order valence-corrected chi connectivity index (χ0v) is 19.2. The Kier molecular flexibility index (Phi) is 6.71. The summed E-state index contributed by atoms with van der Waals surface area (Å²) in [6, 6.07) is 8.66. The van der Waals surface area contributed by atoms with E-state index in [9.17, 15) is 27.5 Å². The lowest BCUT2D eigenvalue weighted by Gasteiger charge is -2.40. The highest BCUT2D eigenvalue weighted by Gasteiger charge is 2.41. The minimum absolute atomic E-state index is 0.0200. The summed E-state index contributed by atoms with van der Waals surface area (Å²) < 4.78 is 41.0. The van der Waals surface area contributed by atoms with E-state index >= 15 is 0 Å². The van der Waals surface area contributed by atoms with Crippen molar-refractivity contribution in [1.29, 1.82) is 0 Å². The molecule has 33 heavy (non-hydrogen) atoms. The summed E-state index contributed by atoms with van der Waals surface area (Å²) in [6.07, 6.45) is 1.66. The normalized spacial score (nSPS) is 19.4. The van der Waals surface area contributed by atoms with Crippen LogP contribution in [-0.2, 0) is 14.8 Å². The third-order valence-corrected chi connectivity index (χ3v) is 7.93. The fourth-order valence-corrected chi connectivity index (χ4v) is 5.48. The van der Waals surface area contributed by atoms with Crippen LogP contribution in [0.3, 0.4) is 0 Å². The van der Waals surface area contributed by atoms with Crippen LogP contribution >= 0.6 is 11.6 Å². The number of sulfonamides is 1. The van der Waals surface area contributed by atoms with Gasteiger partial charge in [-0.1, -0.05) is 17.7 Å². The van der Waals surface area contributed by atoms with Crippen LogP contribution in [-0.4, -0.2) is 66.8 Å². The average Bonchev–Trinajstić information content (AvgIpc) is 3.66. The van der Waals surface area contributed by atoms with Crippen LogP contribution in [0.5, 0.6) is 0 Å². The van der Waals surface area contributed by atoms with Gasteiger partial charge in [-0.2, -0.15) is 4.31 Å². The van der Waals surface area contributed by atoms with Gasteiger partial charge in [0.05, 0.1) is 22.6 Å². The van der Waals surface area contributed by atoms with E-state index < -0.39 is 27.8 Å². The quantitative estimate of drug-likeness (QED) is 0.639. The van der Waals surface area contributed by atoms with Crippen molar-refractivity contribution in [3.05, 3.63) is 58.9 Å². The van der Waals surface area contributed by atoms with Crippen LogP contribution in [0.2, 0.25) is 5.02 Å². The Bertz CT molecular complexity index is 1190. The molecule has 1 heterocycles. The number of piperazine rings is 1. The number of carbonyl (C=O) groups is 2. The fourth-order valence-electron chi connectivity index (χ4n) is 3.78. The standard InChI is InChI=1S/C22H23ClFN3O5S/c23-19-11-16(6-7-20(19)24)25-21(29)15-2-1-3-18(10-15)33(31,32)26-8-9-27(17(12-26)13-28)22(30)14-4-5-14/h1-3,6-7,10-11,14,17,28H,4-5,8-9,12-13H2,(H,25,29). The third kappa shape index (κ3) is 5.03. The molecule has 2 aromatic carbocycles. The summed E-state index contributed by atoms with van der Waals surface area (Å²) in [6.45, 7) is -0.0674. The molecule has 11 heteroatoms. The van der Waals surface area contributed by atoms with Gasteiger partial charge in [0.15, 0.2) is 0 Å². The first-order valence-corrected chi connectivity index (χ1v) is 12.3. The van der Waals surface area contributed by atoms with Gasteiger partial charge in [0.1, 0.15) is 5.82 Å². The van der Waals surface area contributed by atoms with Gasteiger partial charge in [0.25, 0.3) is 5.91 Å². The SMILES string of the molecule is O=C(Nc1ccc(F)c(Cl)c1)c1cccc(S(=O)(=O)N2CCN(C(=O)C3CC3)C(CO)C2)c1. The van der Waals surface area contributed by atoms with Crippen LogP contribution in [0.15, 0.2) is 47.4 Å². The van der Waals surface area contributed by atoms with Crippen molar-refractivity contribution in [1.82, 2.24) is 9.21 Å². The molecule has 2 fully saturated rings. The van der Waals surface area contributed by atoms with Gasteiger partial charge in [-0.3, -0.25) is 9.59 Å². The number of hydrogen-bond donors (Lipinski definition) is 2. The molecule has 2 aliphatic rings. The molecule has 4 rings (SSSR count). The molecular weight excluding hydrogens is 473 g/mol. The molecule has 1 aliphatic carbocycles. The fraction of sp³-hybridized carbons (Fsp3) is 0.364. The van der Waals surface area contributed by atoms with Crippen LogP contribution < -0.4 is 5.32 Å². The number of amides is 2. The lowest BCUT2D eigenvalue weighted by molar-refractivity contribution is -0.137. The lowest BCUT2D eigenvalue weighted by Crippen LogP contribution is -2.58. The Morgan fingerprint density at radius 1 is 1.15 bits per heavy atom. The summed E-state index contributed by atoms with van der Waals surface area (Å²) in [5.74, 6) is -1.26. The number of benzene rings is 2. The Hall–Kier alpha value is -2.53. The number of nitrogens with zero attached hydrogens (tertiary/aromatic N) is 2. The predicted octanol–water partition coefficient (Wildman–Crippen LogP) is 2.34. The molecule has 8 nitrogen and oxygen atoms in total. The van der Waals surface area contributed by atoms with Gasteiger partial charge in [-0.05, 0) is 49.2 Å². The van der Waals surface area contributed by atoms with E-state index in [-0.39, 0.29) is 59.2 Å². The number of aliphatic hydroxyl groups excluding tert-OH is 1. The second-order valence-electron chi connectivity index (χ2n) is 8.12. The van der Waals surface area contributed by atoms with Crippen LogP contribution in [0.1, 0.15) is 23.2 Å². The zero-order chi connectivity index (χ0) is 23.8. The van der Waals surface area contributed by atoms with E-state index in [4.69, 9.17) is 11.6 Å². The molecule has 1 atom stereocenters. The van der Waals surface area contributed by atoms with E-state index in [2.05, 4.69) is 5.32 Å². The van der Waals surface area contributed by atoms with Gasteiger partial charge < -0.3 is 15.3 Å². The van der Waals surface area contributed by atoms with Crippen molar-refractivity contribution in [3.63, 3.8) is 0 Å². The Balaban J connectivity index is 1.50. The van der Waals surface area contributed by atoms with Crippen molar-refractivity contribution in [2.24, 2.45) is 5.92 Å². The molecular formula is C22H23ClFN3O5S. The number of carbonyl (C=O) groups excluding carboxylic acids is 2. The van der Waals surface area contributed by atoms with E-state index in [1.165, 1.54) is 40.7 Å².